The predicted octanol–water partition coefficient (Wildman–Crippen LogP) is 6.13. The maximum atomic E-state index is 6.30. The highest BCUT2D eigenvalue weighted by atomic mass is 79.9. The molecule has 0 spiro atoms. The normalized spacial score (nSPS) is 23.0. The molecule has 1 nitrogen and oxygen atoms in total. The smallest absolute Gasteiger partial charge is 0.0580 e. The van der Waals surface area contributed by atoms with Crippen LogP contribution in [0.3, 0.4) is 0 Å². The Morgan fingerprint density at radius 1 is 1.19 bits per heavy atom. The zero-order valence-electron chi connectivity index (χ0n) is 12.2. The topological polar surface area (TPSA) is 9.23 Å². The lowest BCUT2D eigenvalue weighted by atomic mass is 9.78. The monoisotopic (exact) mass is 366 g/mol. The fourth-order valence-electron chi connectivity index (χ4n) is 3.22. The van der Waals surface area contributed by atoms with Gasteiger partial charge in [0, 0.05) is 21.8 Å². The molecule has 3 heteroatoms. The van der Waals surface area contributed by atoms with Crippen molar-refractivity contribution in [3.63, 3.8) is 0 Å². The Morgan fingerprint density at radius 3 is 2.62 bits per heavy atom. The van der Waals surface area contributed by atoms with E-state index >= 15 is 0 Å². The van der Waals surface area contributed by atoms with Gasteiger partial charge in [-0.05, 0) is 49.1 Å². The molecule has 1 unspecified atom stereocenters. The van der Waals surface area contributed by atoms with E-state index in [9.17, 15) is 0 Å². The molecule has 1 saturated carbocycles. The van der Waals surface area contributed by atoms with Gasteiger partial charge in [0.15, 0.2) is 0 Å². The van der Waals surface area contributed by atoms with E-state index in [1.807, 2.05) is 12.1 Å². The third-order valence-corrected chi connectivity index (χ3v) is 5.57. The summed E-state index contributed by atoms with van der Waals surface area (Å²) in [5, 5.41) is 3.23. The quantitative estimate of drug-likeness (QED) is 0.577. The van der Waals surface area contributed by atoms with Crippen molar-refractivity contribution in [2.45, 2.75) is 37.1 Å². The second kappa shape index (κ2) is 6.68. The largest absolute Gasteiger partial charge is 0.378 e. The lowest BCUT2D eigenvalue weighted by Gasteiger charge is -2.36. The molecule has 0 radical (unpaired) electrons. The second-order valence-corrected chi connectivity index (χ2v) is 7.31. The number of rotatable bonds is 5. The first-order valence-corrected chi connectivity index (χ1v) is 8.91. The van der Waals surface area contributed by atoms with Crippen molar-refractivity contribution in [1.29, 1.82) is 0 Å². The van der Waals surface area contributed by atoms with Crippen molar-refractivity contribution >= 4 is 38.3 Å². The van der Waals surface area contributed by atoms with E-state index < -0.39 is 0 Å². The van der Waals surface area contributed by atoms with Crippen LogP contribution in [0.15, 0.2) is 36.4 Å². The Kier molecular flexibility index (Phi) is 4.88. The average molecular weight is 368 g/mol. The summed E-state index contributed by atoms with van der Waals surface area (Å²) in [7, 11) is 0. The minimum atomic E-state index is 0.382. The molecule has 1 aliphatic carbocycles. The number of alkyl halides is 1. The van der Waals surface area contributed by atoms with Gasteiger partial charge in [-0.2, -0.15) is 0 Å². The van der Waals surface area contributed by atoms with Gasteiger partial charge in [0.05, 0.1) is 6.10 Å². The maximum Gasteiger partial charge on any atom is 0.0580 e. The summed E-state index contributed by atoms with van der Waals surface area (Å²) in [6.07, 6.45) is 4.04. The summed E-state index contributed by atoms with van der Waals surface area (Å²) < 4.78 is 5.65. The number of fused-ring (bicyclic) bond motifs is 1. The molecule has 0 N–H and O–H groups in total. The van der Waals surface area contributed by atoms with Gasteiger partial charge in [-0.3, -0.25) is 0 Å². The summed E-state index contributed by atoms with van der Waals surface area (Å²) >= 11 is 10.2. The van der Waals surface area contributed by atoms with Crippen LogP contribution in [0.1, 0.15) is 36.6 Å². The molecule has 21 heavy (non-hydrogen) atoms. The van der Waals surface area contributed by atoms with E-state index in [-0.39, 0.29) is 0 Å². The molecule has 0 amide bonds. The van der Waals surface area contributed by atoms with Gasteiger partial charge >= 0.3 is 0 Å². The standard InChI is InChI=1S/C18H20BrClO/c1-2-21-13-9-12(10-13)11-17(19)15-7-8-18(20)16-6-4-3-5-14(15)16/h3-8,12-13,17H,2,9-11H2,1H3. The Labute approximate surface area is 139 Å². The lowest BCUT2D eigenvalue weighted by Crippen LogP contribution is -2.31. The Balaban J connectivity index is 1.74. The first-order chi connectivity index (χ1) is 10.2. The van der Waals surface area contributed by atoms with Gasteiger partial charge in [-0.15, -0.1) is 0 Å². The third kappa shape index (κ3) is 3.28. The third-order valence-electron chi connectivity index (χ3n) is 4.38. The van der Waals surface area contributed by atoms with E-state index in [0.717, 1.165) is 29.4 Å². The molecule has 0 saturated heterocycles. The number of hydrogen-bond donors (Lipinski definition) is 0. The Hall–Kier alpha value is -0.570. The molecule has 0 bridgehead atoms. The Bertz CT molecular complexity index is 622. The number of hydrogen-bond acceptors (Lipinski definition) is 1. The minimum absolute atomic E-state index is 0.382. The van der Waals surface area contributed by atoms with E-state index in [2.05, 4.69) is 47.1 Å². The van der Waals surface area contributed by atoms with Gasteiger partial charge in [0.25, 0.3) is 0 Å². The van der Waals surface area contributed by atoms with E-state index in [4.69, 9.17) is 16.3 Å². The van der Waals surface area contributed by atoms with Crippen LogP contribution in [0.4, 0.5) is 0 Å². The van der Waals surface area contributed by atoms with Crippen molar-refractivity contribution in [2.24, 2.45) is 5.92 Å². The van der Waals surface area contributed by atoms with E-state index in [1.165, 1.54) is 23.8 Å². The molecule has 0 heterocycles. The summed E-state index contributed by atoms with van der Waals surface area (Å²) in [6.45, 7) is 2.90. The van der Waals surface area contributed by atoms with Crippen LogP contribution >= 0.6 is 27.5 Å². The van der Waals surface area contributed by atoms with Gasteiger partial charge in [0.1, 0.15) is 0 Å². The second-order valence-electron chi connectivity index (χ2n) is 5.80. The van der Waals surface area contributed by atoms with E-state index in [0.29, 0.717) is 10.9 Å². The molecule has 0 aromatic heterocycles. The van der Waals surface area contributed by atoms with Crippen LogP contribution in [-0.2, 0) is 4.74 Å². The highest BCUT2D eigenvalue weighted by Crippen LogP contribution is 2.42. The van der Waals surface area contributed by atoms with Gasteiger partial charge in [-0.1, -0.05) is 57.9 Å². The molecule has 2 aromatic carbocycles. The van der Waals surface area contributed by atoms with Crippen LogP contribution in [0.2, 0.25) is 5.02 Å². The van der Waals surface area contributed by atoms with Gasteiger partial charge in [-0.25, -0.2) is 0 Å². The molecular formula is C18H20BrClO. The van der Waals surface area contributed by atoms with Gasteiger partial charge < -0.3 is 4.74 Å². The van der Waals surface area contributed by atoms with Crippen molar-refractivity contribution < 1.29 is 4.74 Å². The van der Waals surface area contributed by atoms with Crippen LogP contribution in [0, 0.1) is 5.92 Å². The fraction of sp³-hybridized carbons (Fsp3) is 0.444. The van der Waals surface area contributed by atoms with Crippen LogP contribution in [-0.4, -0.2) is 12.7 Å². The van der Waals surface area contributed by atoms with Crippen molar-refractivity contribution in [1.82, 2.24) is 0 Å². The van der Waals surface area contributed by atoms with Crippen LogP contribution < -0.4 is 0 Å². The van der Waals surface area contributed by atoms with Crippen LogP contribution in [0.25, 0.3) is 10.8 Å². The molecular weight excluding hydrogens is 348 g/mol. The number of benzene rings is 2. The first kappa shape index (κ1) is 15.3. The minimum Gasteiger partial charge on any atom is -0.378 e. The van der Waals surface area contributed by atoms with E-state index in [1.54, 1.807) is 0 Å². The zero-order valence-corrected chi connectivity index (χ0v) is 14.5. The van der Waals surface area contributed by atoms with Crippen molar-refractivity contribution in [3.8, 4) is 0 Å². The van der Waals surface area contributed by atoms with Crippen molar-refractivity contribution in [2.75, 3.05) is 6.61 Å². The summed E-state index contributed by atoms with van der Waals surface area (Å²) in [6, 6.07) is 12.5. The average Bonchev–Trinajstić information content (AvgIpc) is 2.45. The molecule has 0 aliphatic heterocycles. The highest BCUT2D eigenvalue weighted by molar-refractivity contribution is 9.09. The summed E-state index contributed by atoms with van der Waals surface area (Å²) in [5.74, 6) is 0.764. The Morgan fingerprint density at radius 2 is 1.90 bits per heavy atom. The molecule has 1 atom stereocenters. The maximum absolute atomic E-state index is 6.30. The molecule has 3 rings (SSSR count). The summed E-state index contributed by atoms with van der Waals surface area (Å²) in [4.78, 5) is 0.382. The molecule has 2 aromatic rings. The van der Waals surface area contributed by atoms with Crippen LogP contribution in [0.5, 0.6) is 0 Å². The predicted molar refractivity (Wildman–Crippen MR) is 93.4 cm³/mol. The van der Waals surface area contributed by atoms with Crippen molar-refractivity contribution in [3.05, 3.63) is 47.0 Å². The molecule has 1 aliphatic rings. The number of ether oxygens (including phenoxy) is 1. The highest BCUT2D eigenvalue weighted by Gasteiger charge is 2.31. The fourth-order valence-corrected chi connectivity index (χ4v) is 4.37. The van der Waals surface area contributed by atoms with Gasteiger partial charge in [0.2, 0.25) is 0 Å². The number of halogens is 2. The summed E-state index contributed by atoms with van der Waals surface area (Å²) in [5.41, 5.74) is 1.34. The molecule has 1 fully saturated rings. The molecule has 112 valence electrons. The lowest BCUT2D eigenvalue weighted by molar-refractivity contribution is -0.0264. The zero-order chi connectivity index (χ0) is 14.8. The first-order valence-electron chi connectivity index (χ1n) is 7.61. The SMILES string of the molecule is CCOC1CC(CC(Br)c2ccc(Cl)c3ccccc23)C1.